The van der Waals surface area contributed by atoms with Crippen molar-refractivity contribution in [3.63, 3.8) is 0 Å². The summed E-state index contributed by atoms with van der Waals surface area (Å²) in [5, 5.41) is 15.9. The lowest BCUT2D eigenvalue weighted by Gasteiger charge is -2.17. The number of aryl methyl sites for hydroxylation is 1. The Balaban J connectivity index is 1.98. The predicted molar refractivity (Wildman–Crippen MR) is 94.3 cm³/mol. The highest BCUT2D eigenvalue weighted by molar-refractivity contribution is 5.95. The third-order valence-corrected chi connectivity index (χ3v) is 4.21. The summed E-state index contributed by atoms with van der Waals surface area (Å²) < 4.78 is 57.2. The Hall–Kier alpha value is -3.34. The van der Waals surface area contributed by atoms with E-state index in [1.54, 1.807) is 13.8 Å². The second kappa shape index (κ2) is 8.19. The van der Waals surface area contributed by atoms with E-state index in [-0.39, 0.29) is 28.5 Å². The van der Waals surface area contributed by atoms with Crippen LogP contribution >= 0.6 is 0 Å². The van der Waals surface area contributed by atoms with Gasteiger partial charge in [-0.1, -0.05) is 5.16 Å². The van der Waals surface area contributed by atoms with Crippen molar-refractivity contribution in [3.05, 3.63) is 65.2 Å². The van der Waals surface area contributed by atoms with Crippen LogP contribution in [0.2, 0.25) is 0 Å². The number of aliphatic hydroxyl groups excluding tert-OH is 1. The average Bonchev–Trinajstić information content (AvgIpc) is 3.13. The number of hydrogen-bond acceptors (Lipinski definition) is 5. The topological polar surface area (TPSA) is 102 Å². The molecule has 2 atom stereocenters. The molecule has 0 saturated heterocycles. The number of alkyl halides is 3. The lowest BCUT2D eigenvalue weighted by molar-refractivity contribution is -0.367. The van der Waals surface area contributed by atoms with Crippen LogP contribution < -0.4 is 10.3 Å². The summed E-state index contributed by atoms with van der Waals surface area (Å²) in [4.78, 5) is 19.2. The number of carbonyl (C=O) groups is 1. The van der Waals surface area contributed by atoms with Gasteiger partial charge < -0.3 is 14.9 Å². The molecule has 0 bridgehead atoms. The molecule has 158 valence electrons. The molecule has 3 rings (SSSR count). The zero-order chi connectivity index (χ0) is 22.1. The van der Waals surface area contributed by atoms with Crippen molar-refractivity contribution in [1.82, 2.24) is 15.5 Å². The van der Waals surface area contributed by atoms with Crippen LogP contribution in [0.15, 0.2) is 41.1 Å². The highest BCUT2D eigenvalue weighted by atomic mass is 19.4. The number of carbonyl (C=O) groups excluding carboxylic acids is 1. The van der Waals surface area contributed by atoms with Gasteiger partial charge in [-0.25, -0.2) is 9.37 Å². The Morgan fingerprint density at radius 1 is 1.27 bits per heavy atom. The van der Waals surface area contributed by atoms with E-state index in [9.17, 15) is 27.5 Å². The summed E-state index contributed by atoms with van der Waals surface area (Å²) in [5.41, 5.74) is -0.269. The van der Waals surface area contributed by atoms with Crippen LogP contribution in [-0.4, -0.2) is 27.3 Å². The van der Waals surface area contributed by atoms with Gasteiger partial charge >= 0.3 is 6.18 Å². The third kappa shape index (κ3) is 4.79. The minimum atomic E-state index is -4.94. The van der Waals surface area contributed by atoms with Gasteiger partial charge in [-0.05, 0) is 36.8 Å². The van der Waals surface area contributed by atoms with Crippen molar-refractivity contribution < 1.29 is 37.0 Å². The van der Waals surface area contributed by atoms with Crippen LogP contribution in [0.25, 0.3) is 11.3 Å². The Morgan fingerprint density at radius 2 is 2.00 bits per heavy atom. The molecule has 30 heavy (non-hydrogen) atoms. The van der Waals surface area contributed by atoms with Gasteiger partial charge in [-0.15, -0.1) is 0 Å². The van der Waals surface area contributed by atoms with Gasteiger partial charge in [0.1, 0.15) is 0 Å². The maximum Gasteiger partial charge on any atom is 0.418 e. The lowest BCUT2D eigenvalue weighted by atomic mass is 9.99. The van der Waals surface area contributed by atoms with Crippen LogP contribution in [0.1, 0.15) is 46.7 Å². The number of nitrogens with one attached hydrogen (secondary N) is 2. The molecule has 1 aromatic carbocycles. The van der Waals surface area contributed by atoms with Gasteiger partial charge in [0, 0.05) is 24.1 Å². The number of nitrogens with zero attached hydrogens (tertiary/aromatic N) is 2. The number of aromatic nitrogens is 3. The second-order valence-corrected chi connectivity index (χ2v) is 6.58. The Bertz CT molecular complexity index is 1050. The monoisotopic (exact) mass is 425 g/mol. The van der Waals surface area contributed by atoms with Gasteiger partial charge in [-0.3, -0.25) is 4.79 Å². The molecule has 0 aliphatic carbocycles. The second-order valence-electron chi connectivity index (χ2n) is 6.58. The summed E-state index contributed by atoms with van der Waals surface area (Å²) >= 11 is 0. The molecule has 0 fully saturated rings. The fraction of sp³-hybridized carbons (Fsp3) is 0.263. The highest BCUT2D eigenvalue weighted by Gasteiger charge is 2.40. The Morgan fingerprint density at radius 3 is 2.57 bits per heavy atom. The molecule has 0 saturated carbocycles. The maximum absolute atomic E-state index is 13.2. The van der Waals surface area contributed by atoms with E-state index < -0.39 is 35.6 Å². The number of hydrogen-bond donors (Lipinski definition) is 2. The first-order valence-corrected chi connectivity index (χ1v) is 8.73. The van der Waals surface area contributed by atoms with Gasteiger partial charge in [-0.2, -0.15) is 18.2 Å². The molecule has 3 aromatic rings. The van der Waals surface area contributed by atoms with E-state index in [1.165, 1.54) is 12.1 Å². The molecule has 0 aliphatic rings. The molecule has 7 nitrogen and oxygen atoms in total. The number of H-pyrrole nitrogens is 1. The molecule has 1 amide bonds. The van der Waals surface area contributed by atoms with E-state index in [0.29, 0.717) is 0 Å². The van der Waals surface area contributed by atoms with E-state index in [4.69, 9.17) is 4.52 Å². The van der Waals surface area contributed by atoms with E-state index in [1.807, 2.05) is 0 Å². The van der Waals surface area contributed by atoms with Gasteiger partial charge in [0.15, 0.2) is 17.7 Å². The van der Waals surface area contributed by atoms with E-state index >= 15 is 0 Å². The van der Waals surface area contributed by atoms with Crippen LogP contribution in [0.4, 0.5) is 17.6 Å². The Labute approximate surface area is 167 Å². The van der Waals surface area contributed by atoms with E-state index in [2.05, 4.69) is 20.4 Å². The highest BCUT2D eigenvalue weighted by Crippen LogP contribution is 2.34. The van der Waals surface area contributed by atoms with Gasteiger partial charge in [0.05, 0.1) is 6.04 Å². The van der Waals surface area contributed by atoms with Crippen LogP contribution in [0.5, 0.6) is 0 Å². The minimum absolute atomic E-state index is 0.143. The molecule has 0 spiro atoms. The standard InChI is InChI=1S/C19H16F4N4O3/c1-9(17-26-10(2)30-27-17)25-18(29)13-6-11(15-4-3-14(20)8-24-15)5-12(7-13)16(28)19(21,22)23/h3-9,16,28H,1-2H3,(H,25,29)/p+1/t9-,16?/m1/s1. The van der Waals surface area contributed by atoms with Crippen molar-refractivity contribution in [2.24, 2.45) is 0 Å². The molecule has 2 aromatic heterocycles. The quantitative estimate of drug-likeness (QED) is 0.612. The predicted octanol–water partition coefficient (Wildman–Crippen LogP) is 3.08. The average molecular weight is 425 g/mol. The van der Waals surface area contributed by atoms with Crippen LogP contribution in [0, 0.1) is 12.7 Å². The number of aromatic amines is 1. The molecular formula is C19H17F4N4O3+. The van der Waals surface area contributed by atoms with Crippen molar-refractivity contribution in [3.8, 4) is 11.3 Å². The number of benzene rings is 1. The zero-order valence-corrected chi connectivity index (χ0v) is 15.8. The van der Waals surface area contributed by atoms with Crippen LogP contribution in [0.3, 0.4) is 0 Å². The number of halogens is 4. The summed E-state index contributed by atoms with van der Waals surface area (Å²) in [5.74, 6) is -0.813. The molecule has 2 heterocycles. The normalized spacial score (nSPS) is 13.7. The van der Waals surface area contributed by atoms with Gasteiger partial charge in [0.25, 0.3) is 5.91 Å². The van der Waals surface area contributed by atoms with Gasteiger partial charge in [0.2, 0.25) is 17.8 Å². The first-order chi connectivity index (χ1) is 14.0. The maximum atomic E-state index is 13.2. The number of pyridine rings is 1. The molecular weight excluding hydrogens is 408 g/mol. The largest absolute Gasteiger partial charge is 0.418 e. The summed E-state index contributed by atoms with van der Waals surface area (Å²) in [6.45, 7) is 3.14. The Kier molecular flexibility index (Phi) is 5.83. The fourth-order valence-corrected chi connectivity index (χ4v) is 2.71. The van der Waals surface area contributed by atoms with Crippen molar-refractivity contribution in [2.45, 2.75) is 32.2 Å². The molecule has 0 aliphatic heterocycles. The number of rotatable bonds is 5. The molecule has 11 heteroatoms. The molecule has 3 N–H and O–H groups in total. The number of aliphatic hydroxyl groups is 1. The molecule has 0 radical (unpaired) electrons. The fourth-order valence-electron chi connectivity index (χ4n) is 2.71. The zero-order valence-electron chi connectivity index (χ0n) is 15.8. The summed E-state index contributed by atoms with van der Waals surface area (Å²) in [7, 11) is 0. The number of amides is 1. The third-order valence-electron chi connectivity index (χ3n) is 4.21. The lowest BCUT2D eigenvalue weighted by Crippen LogP contribution is -2.28. The van der Waals surface area contributed by atoms with Crippen molar-refractivity contribution >= 4 is 5.91 Å². The summed E-state index contributed by atoms with van der Waals surface area (Å²) in [6.07, 6.45) is -6.72. The SMILES string of the molecule is Cc1nc([C@@H](C)NC(=O)c2cc(-c3ccc(F)c[nH+]3)cc(C(O)C(F)(F)F)c2)no1. The molecule has 1 unspecified atom stereocenters. The van der Waals surface area contributed by atoms with Crippen molar-refractivity contribution in [2.75, 3.05) is 0 Å². The summed E-state index contributed by atoms with van der Waals surface area (Å²) in [6, 6.07) is 5.06. The first-order valence-electron chi connectivity index (χ1n) is 8.73. The van der Waals surface area contributed by atoms with Crippen molar-refractivity contribution in [1.29, 1.82) is 0 Å². The smallest absolute Gasteiger partial charge is 0.379 e. The van der Waals surface area contributed by atoms with E-state index in [0.717, 1.165) is 24.4 Å². The van der Waals surface area contributed by atoms with Crippen LogP contribution in [-0.2, 0) is 0 Å². The first kappa shape index (κ1) is 21.4. The minimum Gasteiger partial charge on any atom is -0.379 e.